The second kappa shape index (κ2) is 8.89. The zero-order valence-corrected chi connectivity index (χ0v) is 17.5. The van der Waals surface area contributed by atoms with Crippen molar-refractivity contribution in [3.8, 4) is 5.75 Å². The molecule has 2 aromatic carbocycles. The Kier molecular flexibility index (Phi) is 6.53. The average Bonchev–Trinajstić information content (AvgIpc) is 2.98. The first-order chi connectivity index (χ1) is 13.3. The number of hydrogen-bond donors (Lipinski definition) is 1. The van der Waals surface area contributed by atoms with Crippen LogP contribution in [-0.2, 0) is 17.8 Å². The number of ether oxygens (including phenoxy) is 1. The number of rotatable bonds is 8. The van der Waals surface area contributed by atoms with Crippen LogP contribution in [0.25, 0.3) is 10.9 Å². The second-order valence-corrected chi connectivity index (χ2v) is 7.79. The van der Waals surface area contributed by atoms with E-state index in [4.69, 9.17) is 33.0 Å². The van der Waals surface area contributed by atoms with Gasteiger partial charge in [0.05, 0.1) is 13.0 Å². The summed E-state index contributed by atoms with van der Waals surface area (Å²) in [6, 6.07) is 9.66. The molecule has 1 heterocycles. The summed E-state index contributed by atoms with van der Waals surface area (Å²) >= 11 is 12.3. The fraction of sp³-hybridized carbons (Fsp3) is 0.318. The molecule has 0 atom stereocenters. The quantitative estimate of drug-likeness (QED) is 0.452. The van der Waals surface area contributed by atoms with Crippen LogP contribution in [0.3, 0.4) is 0 Å². The van der Waals surface area contributed by atoms with Crippen molar-refractivity contribution in [1.82, 2.24) is 4.57 Å². The molecule has 0 radical (unpaired) electrons. The number of nitrogens with zero attached hydrogens (tertiary/aromatic N) is 1. The van der Waals surface area contributed by atoms with Gasteiger partial charge in [0.1, 0.15) is 5.75 Å². The van der Waals surface area contributed by atoms with Crippen molar-refractivity contribution in [2.24, 2.45) is 0 Å². The van der Waals surface area contributed by atoms with Crippen molar-refractivity contribution >= 4 is 40.1 Å². The number of carboxylic acid groups (broad SMARTS) is 1. The SMILES string of the molecule is Cc1cc(OCCCc2cn(CCC(=O)O)c3cc(Cl)ccc23)cc(C)c1Cl. The van der Waals surface area contributed by atoms with E-state index >= 15 is 0 Å². The fourth-order valence-electron chi connectivity index (χ4n) is 3.38. The number of carbonyl (C=O) groups is 1. The monoisotopic (exact) mass is 419 g/mol. The highest BCUT2D eigenvalue weighted by Gasteiger charge is 2.11. The van der Waals surface area contributed by atoms with E-state index < -0.39 is 5.97 Å². The van der Waals surface area contributed by atoms with Crippen LogP contribution < -0.4 is 4.74 Å². The van der Waals surface area contributed by atoms with E-state index in [2.05, 4.69) is 0 Å². The van der Waals surface area contributed by atoms with Gasteiger partial charge in [-0.2, -0.15) is 0 Å². The Hall–Kier alpha value is -2.17. The van der Waals surface area contributed by atoms with Crippen LogP contribution in [0, 0.1) is 13.8 Å². The molecule has 3 rings (SSSR count). The standard InChI is InChI=1S/C22H23Cl2NO3/c1-14-10-18(11-15(2)22(14)24)28-9-3-4-16-13-25(8-7-21(26)27)20-12-17(23)5-6-19(16)20/h5-6,10-13H,3-4,7-9H2,1-2H3,(H,26,27). The Morgan fingerprint density at radius 3 is 2.54 bits per heavy atom. The van der Waals surface area contributed by atoms with E-state index in [0.717, 1.165) is 45.6 Å². The molecule has 0 saturated heterocycles. The van der Waals surface area contributed by atoms with Gasteiger partial charge in [0.2, 0.25) is 0 Å². The molecule has 0 saturated carbocycles. The summed E-state index contributed by atoms with van der Waals surface area (Å²) in [5.74, 6) is 0.0162. The molecule has 0 aliphatic heterocycles. The van der Waals surface area contributed by atoms with Crippen LogP contribution in [0.5, 0.6) is 5.75 Å². The Bertz CT molecular complexity index is 987. The second-order valence-electron chi connectivity index (χ2n) is 6.98. The number of aryl methyl sites for hydroxylation is 4. The predicted molar refractivity (Wildman–Crippen MR) is 114 cm³/mol. The number of benzene rings is 2. The first-order valence-electron chi connectivity index (χ1n) is 9.24. The van der Waals surface area contributed by atoms with E-state index in [9.17, 15) is 4.79 Å². The van der Waals surface area contributed by atoms with Crippen molar-refractivity contribution in [2.45, 2.75) is 39.7 Å². The highest BCUT2D eigenvalue weighted by molar-refractivity contribution is 6.32. The van der Waals surface area contributed by atoms with Crippen LogP contribution in [0.4, 0.5) is 0 Å². The number of aromatic nitrogens is 1. The van der Waals surface area contributed by atoms with Crippen molar-refractivity contribution in [3.63, 3.8) is 0 Å². The third-order valence-corrected chi connectivity index (χ3v) is 5.59. The molecule has 6 heteroatoms. The maximum absolute atomic E-state index is 10.9. The lowest BCUT2D eigenvalue weighted by Crippen LogP contribution is -2.03. The number of aliphatic carboxylic acids is 1. The van der Waals surface area contributed by atoms with Crippen molar-refractivity contribution in [1.29, 1.82) is 0 Å². The van der Waals surface area contributed by atoms with Crippen LogP contribution in [-0.4, -0.2) is 22.2 Å². The van der Waals surface area contributed by atoms with Gasteiger partial charge in [-0.25, -0.2) is 0 Å². The zero-order valence-electron chi connectivity index (χ0n) is 16.0. The van der Waals surface area contributed by atoms with E-state index in [-0.39, 0.29) is 6.42 Å². The van der Waals surface area contributed by atoms with E-state index in [0.29, 0.717) is 18.2 Å². The molecule has 0 bridgehead atoms. The highest BCUT2D eigenvalue weighted by atomic mass is 35.5. The van der Waals surface area contributed by atoms with Gasteiger partial charge in [0.25, 0.3) is 0 Å². The van der Waals surface area contributed by atoms with Crippen molar-refractivity contribution in [2.75, 3.05) is 6.61 Å². The van der Waals surface area contributed by atoms with Gasteiger partial charge < -0.3 is 14.4 Å². The maximum atomic E-state index is 10.9. The summed E-state index contributed by atoms with van der Waals surface area (Å²) in [5, 5.41) is 11.5. The molecule has 1 N–H and O–H groups in total. The Labute approximate surface area is 174 Å². The topological polar surface area (TPSA) is 51.5 Å². The van der Waals surface area contributed by atoms with E-state index in [1.54, 1.807) is 0 Å². The normalized spacial score (nSPS) is 11.1. The predicted octanol–water partition coefficient (Wildman–Crippen LogP) is 6.05. The molecule has 3 aromatic rings. The Morgan fingerprint density at radius 1 is 1.14 bits per heavy atom. The lowest BCUT2D eigenvalue weighted by molar-refractivity contribution is -0.137. The molecular formula is C22H23Cl2NO3. The summed E-state index contributed by atoms with van der Waals surface area (Å²) in [5.41, 5.74) is 4.16. The molecule has 1 aromatic heterocycles. The minimum atomic E-state index is -0.813. The molecule has 28 heavy (non-hydrogen) atoms. The van der Waals surface area contributed by atoms with Crippen LogP contribution in [0.2, 0.25) is 10.0 Å². The number of halogens is 2. The zero-order chi connectivity index (χ0) is 20.3. The van der Waals surface area contributed by atoms with Gasteiger partial charge in [-0.1, -0.05) is 29.3 Å². The first kappa shape index (κ1) is 20.6. The van der Waals surface area contributed by atoms with Gasteiger partial charge in [-0.05, 0) is 67.6 Å². The maximum Gasteiger partial charge on any atom is 0.305 e. The first-order valence-corrected chi connectivity index (χ1v) is 9.99. The molecular weight excluding hydrogens is 397 g/mol. The molecule has 0 aliphatic carbocycles. The van der Waals surface area contributed by atoms with E-state index in [1.165, 1.54) is 5.56 Å². The molecule has 0 fully saturated rings. The minimum absolute atomic E-state index is 0.0775. The van der Waals surface area contributed by atoms with Crippen LogP contribution >= 0.6 is 23.2 Å². The number of hydrogen-bond acceptors (Lipinski definition) is 2. The number of carboxylic acids is 1. The lowest BCUT2D eigenvalue weighted by Gasteiger charge is -2.10. The average molecular weight is 420 g/mol. The van der Waals surface area contributed by atoms with Gasteiger partial charge in [0.15, 0.2) is 0 Å². The largest absolute Gasteiger partial charge is 0.494 e. The van der Waals surface area contributed by atoms with Crippen molar-refractivity contribution in [3.05, 3.63) is 63.3 Å². The van der Waals surface area contributed by atoms with Crippen LogP contribution in [0.1, 0.15) is 29.5 Å². The molecule has 148 valence electrons. The summed E-state index contributed by atoms with van der Waals surface area (Å²) in [7, 11) is 0. The molecule has 0 spiro atoms. The van der Waals surface area contributed by atoms with E-state index in [1.807, 2.05) is 54.9 Å². The van der Waals surface area contributed by atoms with Gasteiger partial charge in [-0.3, -0.25) is 4.79 Å². The Morgan fingerprint density at radius 2 is 1.86 bits per heavy atom. The third-order valence-electron chi connectivity index (χ3n) is 4.76. The minimum Gasteiger partial charge on any atom is -0.494 e. The summed E-state index contributed by atoms with van der Waals surface area (Å²) in [6.45, 7) is 4.96. The van der Waals surface area contributed by atoms with Gasteiger partial charge in [0, 0.05) is 33.7 Å². The Balaban J connectivity index is 1.68. The molecule has 0 aliphatic rings. The van der Waals surface area contributed by atoms with Gasteiger partial charge >= 0.3 is 5.97 Å². The van der Waals surface area contributed by atoms with Crippen molar-refractivity contribution < 1.29 is 14.6 Å². The lowest BCUT2D eigenvalue weighted by atomic mass is 10.1. The fourth-order valence-corrected chi connectivity index (χ4v) is 3.66. The molecule has 4 nitrogen and oxygen atoms in total. The highest BCUT2D eigenvalue weighted by Crippen LogP contribution is 2.28. The summed E-state index contributed by atoms with van der Waals surface area (Å²) < 4.78 is 7.87. The third kappa shape index (κ3) is 4.81. The summed E-state index contributed by atoms with van der Waals surface area (Å²) in [4.78, 5) is 10.9. The van der Waals surface area contributed by atoms with Gasteiger partial charge in [-0.15, -0.1) is 0 Å². The molecule has 0 unspecified atom stereocenters. The molecule has 0 amide bonds. The van der Waals surface area contributed by atoms with Crippen LogP contribution in [0.15, 0.2) is 36.5 Å². The smallest absolute Gasteiger partial charge is 0.305 e. The summed E-state index contributed by atoms with van der Waals surface area (Å²) in [6.07, 6.45) is 3.79. The number of fused-ring (bicyclic) bond motifs is 1.